The number of carboxylic acid groups (broad SMARTS) is 1. The molecule has 1 aliphatic heterocycles. The summed E-state index contributed by atoms with van der Waals surface area (Å²) in [4.78, 5) is 11.1. The van der Waals surface area contributed by atoms with Gasteiger partial charge in [-0.25, -0.2) is 9.18 Å². The maximum Gasteiger partial charge on any atom is 0.341 e. The third-order valence-corrected chi connectivity index (χ3v) is 6.76. The molecule has 0 spiro atoms. The molecule has 4 nitrogen and oxygen atoms in total. The molecule has 1 N–H and O–H groups in total. The van der Waals surface area contributed by atoms with Crippen LogP contribution in [0.1, 0.15) is 48.2 Å². The third kappa shape index (κ3) is 5.87. The summed E-state index contributed by atoms with van der Waals surface area (Å²) in [6.45, 7) is 5.55. The lowest BCUT2D eigenvalue weighted by Crippen LogP contribution is -2.32. The minimum atomic E-state index is -1.12. The lowest BCUT2D eigenvalue weighted by Gasteiger charge is -2.43. The molecule has 4 atom stereocenters. The molecular weight excluding hydrogens is 490 g/mol. The van der Waals surface area contributed by atoms with E-state index in [1.165, 1.54) is 18.2 Å². The predicted molar refractivity (Wildman–Crippen MR) is 135 cm³/mol. The number of rotatable bonds is 7. The summed E-state index contributed by atoms with van der Waals surface area (Å²) in [5, 5.41) is 10.3. The second-order valence-electron chi connectivity index (χ2n) is 8.74. The van der Waals surface area contributed by atoms with Crippen LogP contribution in [-0.4, -0.2) is 17.7 Å². The first-order valence-electron chi connectivity index (χ1n) is 11.2. The summed E-state index contributed by atoms with van der Waals surface area (Å²) in [5.41, 5.74) is 3.24. The first kappa shape index (κ1) is 25.2. The van der Waals surface area contributed by atoms with Crippen molar-refractivity contribution in [1.29, 1.82) is 0 Å². The monoisotopic (exact) mass is 514 g/mol. The van der Waals surface area contributed by atoms with Gasteiger partial charge in [-0.05, 0) is 66.9 Å². The highest BCUT2D eigenvalue weighted by Gasteiger charge is 2.41. The van der Waals surface area contributed by atoms with E-state index in [-0.39, 0.29) is 17.6 Å². The molecule has 0 unspecified atom stereocenters. The molecule has 0 bridgehead atoms. The summed E-state index contributed by atoms with van der Waals surface area (Å²) in [7, 11) is 0. The zero-order valence-electron chi connectivity index (χ0n) is 19.1. The van der Waals surface area contributed by atoms with Gasteiger partial charge >= 0.3 is 5.97 Å². The van der Waals surface area contributed by atoms with E-state index < -0.39 is 30.6 Å². The van der Waals surface area contributed by atoms with Crippen LogP contribution in [0.4, 0.5) is 4.39 Å². The van der Waals surface area contributed by atoms with E-state index >= 15 is 0 Å². The smallest absolute Gasteiger partial charge is 0.341 e. The van der Waals surface area contributed by atoms with Crippen LogP contribution < -0.4 is 4.74 Å². The van der Waals surface area contributed by atoms with Crippen LogP contribution in [0.3, 0.4) is 0 Å². The van der Waals surface area contributed by atoms with Gasteiger partial charge in [0.15, 0.2) is 6.61 Å². The molecule has 3 aromatic carbocycles. The van der Waals surface area contributed by atoms with Crippen molar-refractivity contribution in [3.8, 4) is 5.75 Å². The topological polar surface area (TPSA) is 55.8 Å². The van der Waals surface area contributed by atoms with E-state index in [1.54, 1.807) is 12.1 Å². The van der Waals surface area contributed by atoms with Crippen LogP contribution in [0.5, 0.6) is 5.75 Å². The van der Waals surface area contributed by atoms with Gasteiger partial charge in [0.25, 0.3) is 0 Å². The number of hydrogen-bond acceptors (Lipinski definition) is 3. The number of halogens is 3. The standard InChI is InChI=1S/C28H25Cl2FO4/c1-16(2)22-14-23(18-4-3-5-20(30)12-18)27(17-6-8-19(29)9-7-17)35-28(22)24-13-21(31)10-11-25(24)34-15-26(32)33/h3-13,22-23,27-28H,1,14-15H2,2H3,(H,32,33)/t22-,23-,27+,28+/m1/s1. The largest absolute Gasteiger partial charge is 0.482 e. The normalized spacial score (nSPS) is 21.9. The average Bonchev–Trinajstić information content (AvgIpc) is 2.83. The highest BCUT2D eigenvalue weighted by atomic mass is 35.5. The minimum Gasteiger partial charge on any atom is -0.482 e. The molecule has 3 aromatic rings. The van der Waals surface area contributed by atoms with Gasteiger partial charge in [0.05, 0.1) is 12.2 Å². The fourth-order valence-electron chi connectivity index (χ4n) is 4.64. The quantitative estimate of drug-likeness (QED) is 0.327. The Morgan fingerprint density at radius 2 is 1.80 bits per heavy atom. The number of hydrogen-bond donors (Lipinski definition) is 1. The van der Waals surface area contributed by atoms with Gasteiger partial charge in [-0.15, -0.1) is 0 Å². The molecule has 1 aliphatic rings. The number of benzene rings is 3. The maximum atomic E-state index is 14.4. The summed E-state index contributed by atoms with van der Waals surface area (Å²) in [6.07, 6.45) is -0.354. The maximum absolute atomic E-state index is 14.4. The molecule has 1 heterocycles. The first-order chi connectivity index (χ1) is 16.7. The Morgan fingerprint density at radius 3 is 2.46 bits per heavy atom. The van der Waals surface area contributed by atoms with E-state index in [0.29, 0.717) is 22.0 Å². The Bertz CT molecular complexity index is 1230. The summed E-state index contributed by atoms with van der Waals surface area (Å²) in [5.74, 6) is -1.57. The molecule has 1 saturated heterocycles. The number of carboxylic acids is 1. The fraction of sp³-hybridized carbons (Fsp3) is 0.250. The van der Waals surface area contributed by atoms with Crippen LogP contribution in [0.25, 0.3) is 0 Å². The van der Waals surface area contributed by atoms with Crippen LogP contribution in [0.15, 0.2) is 78.9 Å². The minimum absolute atomic E-state index is 0.0650. The molecule has 0 saturated carbocycles. The van der Waals surface area contributed by atoms with E-state index in [4.69, 9.17) is 37.8 Å². The van der Waals surface area contributed by atoms with Gasteiger partial charge in [-0.1, -0.05) is 59.6 Å². The van der Waals surface area contributed by atoms with E-state index in [0.717, 1.165) is 16.7 Å². The van der Waals surface area contributed by atoms with Crippen LogP contribution >= 0.6 is 23.2 Å². The molecule has 0 radical (unpaired) electrons. The Kier molecular flexibility index (Phi) is 7.80. The molecule has 7 heteroatoms. The summed E-state index contributed by atoms with van der Waals surface area (Å²) >= 11 is 12.5. The molecule has 0 aliphatic carbocycles. The predicted octanol–water partition coefficient (Wildman–Crippen LogP) is 7.77. The zero-order valence-corrected chi connectivity index (χ0v) is 20.6. The van der Waals surface area contributed by atoms with Crippen LogP contribution in [-0.2, 0) is 9.53 Å². The van der Waals surface area contributed by atoms with Gasteiger partial charge in [0.2, 0.25) is 0 Å². The molecule has 0 amide bonds. The van der Waals surface area contributed by atoms with Crippen molar-refractivity contribution >= 4 is 29.2 Å². The van der Waals surface area contributed by atoms with Crippen molar-refractivity contribution in [2.24, 2.45) is 5.92 Å². The fourth-order valence-corrected chi connectivity index (χ4v) is 4.97. The Balaban J connectivity index is 1.81. The number of carbonyl (C=O) groups is 1. The van der Waals surface area contributed by atoms with Crippen molar-refractivity contribution in [3.05, 3.63) is 111 Å². The molecule has 4 rings (SSSR count). The summed E-state index contributed by atoms with van der Waals surface area (Å²) < 4.78 is 26.6. The molecule has 1 fully saturated rings. The zero-order chi connectivity index (χ0) is 25.1. The Hall–Kier alpha value is -2.86. The van der Waals surface area contributed by atoms with Crippen molar-refractivity contribution in [2.75, 3.05) is 6.61 Å². The molecule has 0 aromatic heterocycles. The van der Waals surface area contributed by atoms with Gasteiger partial charge in [-0.2, -0.15) is 0 Å². The van der Waals surface area contributed by atoms with Gasteiger partial charge in [-0.3, -0.25) is 0 Å². The SMILES string of the molecule is C=C(C)[C@H]1C[C@H](c2cccc(Cl)c2)[C@H](c2ccc(Cl)cc2)O[C@@H]1c1cc(F)ccc1OCC(=O)O. The van der Waals surface area contributed by atoms with Gasteiger partial charge in [0, 0.05) is 27.4 Å². The number of aliphatic carboxylic acids is 1. The van der Waals surface area contributed by atoms with E-state index in [9.17, 15) is 9.18 Å². The lowest BCUT2D eigenvalue weighted by molar-refractivity contribution is -0.139. The van der Waals surface area contributed by atoms with Crippen LogP contribution in [0, 0.1) is 11.7 Å². The highest BCUT2D eigenvalue weighted by Crippen LogP contribution is 2.53. The third-order valence-electron chi connectivity index (χ3n) is 6.27. The van der Waals surface area contributed by atoms with Crippen molar-refractivity contribution < 1.29 is 23.8 Å². The average molecular weight is 515 g/mol. The molecule has 35 heavy (non-hydrogen) atoms. The number of ether oxygens (including phenoxy) is 2. The van der Waals surface area contributed by atoms with Gasteiger partial charge in [0.1, 0.15) is 11.6 Å². The second kappa shape index (κ2) is 10.8. The Morgan fingerprint density at radius 1 is 1.06 bits per heavy atom. The lowest BCUT2D eigenvalue weighted by atomic mass is 9.74. The Labute approximate surface area is 213 Å². The van der Waals surface area contributed by atoms with E-state index in [1.807, 2.05) is 43.3 Å². The van der Waals surface area contributed by atoms with Gasteiger partial charge < -0.3 is 14.6 Å². The van der Waals surface area contributed by atoms with Crippen molar-refractivity contribution in [2.45, 2.75) is 31.5 Å². The van der Waals surface area contributed by atoms with Crippen LogP contribution in [0.2, 0.25) is 10.0 Å². The summed E-state index contributed by atoms with van der Waals surface area (Å²) in [6, 6.07) is 19.1. The second-order valence-corrected chi connectivity index (χ2v) is 9.62. The van der Waals surface area contributed by atoms with Crippen molar-refractivity contribution in [1.82, 2.24) is 0 Å². The highest BCUT2D eigenvalue weighted by molar-refractivity contribution is 6.30. The molecule has 182 valence electrons. The van der Waals surface area contributed by atoms with E-state index in [2.05, 4.69) is 6.58 Å². The first-order valence-corrected chi connectivity index (χ1v) is 11.9. The molecular formula is C28H25Cl2FO4. The van der Waals surface area contributed by atoms with Crippen molar-refractivity contribution in [3.63, 3.8) is 0 Å².